The number of nitrogens with one attached hydrogen (secondary N) is 1. The Kier molecular flexibility index (Phi) is 6.13. The lowest BCUT2D eigenvalue weighted by atomic mass is 10.1. The number of amides is 1. The maximum atomic E-state index is 11.9. The van der Waals surface area contributed by atoms with E-state index in [0.29, 0.717) is 17.5 Å². The molecular weight excluding hydrogens is 246 g/mol. The molecule has 1 rings (SSSR count). The van der Waals surface area contributed by atoms with Crippen LogP contribution in [0.15, 0.2) is 24.3 Å². The molecule has 2 N–H and O–H groups in total. The molecule has 0 saturated carbocycles. The van der Waals surface area contributed by atoms with Crippen LogP contribution in [0.25, 0.3) is 0 Å². The van der Waals surface area contributed by atoms with Gasteiger partial charge in [-0.15, -0.1) is 0 Å². The van der Waals surface area contributed by atoms with Crippen LogP contribution in [-0.2, 0) is 9.53 Å². The smallest absolute Gasteiger partial charge is 0.325 e. The van der Waals surface area contributed by atoms with Crippen LogP contribution in [0.4, 0.5) is 0 Å². The highest BCUT2D eigenvalue weighted by molar-refractivity contribution is 5.98. The molecule has 0 spiro atoms. The molecule has 5 heteroatoms. The van der Waals surface area contributed by atoms with Gasteiger partial charge < -0.3 is 15.2 Å². The van der Waals surface area contributed by atoms with Gasteiger partial charge in [0.05, 0.1) is 19.3 Å². The summed E-state index contributed by atoms with van der Waals surface area (Å²) in [6.07, 6.45) is 0.345. The van der Waals surface area contributed by atoms with Gasteiger partial charge in [-0.25, -0.2) is 0 Å². The van der Waals surface area contributed by atoms with E-state index in [0.717, 1.165) is 0 Å². The minimum absolute atomic E-state index is 0.0241. The molecule has 0 fully saturated rings. The number of benzene rings is 1. The molecule has 5 nitrogen and oxygen atoms in total. The van der Waals surface area contributed by atoms with Crippen molar-refractivity contribution in [3.63, 3.8) is 0 Å². The Labute approximate surface area is 111 Å². The number of aliphatic hydroxyl groups is 1. The van der Waals surface area contributed by atoms with Crippen molar-refractivity contribution in [1.29, 1.82) is 0 Å². The summed E-state index contributed by atoms with van der Waals surface area (Å²) < 4.78 is 4.44. The van der Waals surface area contributed by atoms with E-state index in [1.807, 2.05) is 0 Å². The van der Waals surface area contributed by atoms with E-state index in [1.54, 1.807) is 24.3 Å². The van der Waals surface area contributed by atoms with Crippen molar-refractivity contribution in [3.05, 3.63) is 35.4 Å². The first-order valence-corrected chi connectivity index (χ1v) is 5.72. The summed E-state index contributed by atoms with van der Waals surface area (Å²) in [6.45, 7) is -0.211. The van der Waals surface area contributed by atoms with E-state index in [9.17, 15) is 9.59 Å². The van der Waals surface area contributed by atoms with Gasteiger partial charge in [0.1, 0.15) is 6.54 Å². The van der Waals surface area contributed by atoms with Crippen LogP contribution in [0.1, 0.15) is 22.3 Å². The normalized spacial score (nSPS) is 9.16. The van der Waals surface area contributed by atoms with Gasteiger partial charge in [0.15, 0.2) is 0 Å². The molecule has 1 aromatic carbocycles. The van der Waals surface area contributed by atoms with Crippen LogP contribution in [-0.4, -0.2) is 37.2 Å². The molecule has 0 aliphatic heterocycles. The van der Waals surface area contributed by atoms with Crippen molar-refractivity contribution in [2.24, 2.45) is 0 Å². The van der Waals surface area contributed by atoms with E-state index in [4.69, 9.17) is 5.11 Å². The molecule has 100 valence electrons. The maximum Gasteiger partial charge on any atom is 0.325 e. The summed E-state index contributed by atoms with van der Waals surface area (Å²) in [6, 6.07) is 6.80. The average Bonchev–Trinajstić information content (AvgIpc) is 2.45. The Bertz CT molecular complexity index is 514. The van der Waals surface area contributed by atoms with Crippen molar-refractivity contribution in [2.45, 2.75) is 6.42 Å². The molecule has 0 bridgehead atoms. The van der Waals surface area contributed by atoms with Gasteiger partial charge in [-0.2, -0.15) is 0 Å². The first kappa shape index (κ1) is 14.7. The molecule has 0 radical (unpaired) electrons. The van der Waals surface area contributed by atoms with E-state index in [2.05, 4.69) is 21.9 Å². The third-order valence-electron chi connectivity index (χ3n) is 2.25. The molecule has 0 aliphatic rings. The van der Waals surface area contributed by atoms with Gasteiger partial charge in [0.2, 0.25) is 0 Å². The van der Waals surface area contributed by atoms with Crippen molar-refractivity contribution in [1.82, 2.24) is 5.32 Å². The van der Waals surface area contributed by atoms with Crippen LogP contribution in [0.3, 0.4) is 0 Å². The zero-order valence-corrected chi connectivity index (χ0v) is 10.6. The monoisotopic (exact) mass is 261 g/mol. The molecule has 0 atom stereocenters. The van der Waals surface area contributed by atoms with Gasteiger partial charge in [0.25, 0.3) is 5.91 Å². The second-order valence-electron chi connectivity index (χ2n) is 3.58. The Hall–Kier alpha value is -2.32. The summed E-state index contributed by atoms with van der Waals surface area (Å²) in [5, 5.41) is 11.1. The first-order valence-electron chi connectivity index (χ1n) is 5.72. The van der Waals surface area contributed by atoms with Crippen molar-refractivity contribution in [3.8, 4) is 11.8 Å². The highest BCUT2D eigenvalue weighted by Crippen LogP contribution is 2.07. The van der Waals surface area contributed by atoms with E-state index >= 15 is 0 Å². The summed E-state index contributed by atoms with van der Waals surface area (Å²) in [4.78, 5) is 22.8. The largest absolute Gasteiger partial charge is 0.468 e. The number of aliphatic hydroxyl groups excluding tert-OH is 1. The van der Waals surface area contributed by atoms with Crippen LogP contribution in [0, 0.1) is 11.8 Å². The number of esters is 1. The van der Waals surface area contributed by atoms with Gasteiger partial charge in [-0.1, -0.05) is 24.0 Å². The fraction of sp³-hybridized carbons (Fsp3) is 0.286. The van der Waals surface area contributed by atoms with Gasteiger partial charge in [0, 0.05) is 12.0 Å². The predicted octanol–water partition coefficient (Wildman–Crippen LogP) is 0.323. The third kappa shape index (κ3) is 4.82. The quantitative estimate of drug-likeness (QED) is 0.604. The Balaban J connectivity index is 2.80. The topological polar surface area (TPSA) is 75.6 Å². The number of carbonyl (C=O) groups is 2. The molecule has 0 unspecified atom stereocenters. The lowest BCUT2D eigenvalue weighted by molar-refractivity contribution is -0.139. The second kappa shape index (κ2) is 7.90. The molecular formula is C14H15NO4. The molecule has 19 heavy (non-hydrogen) atoms. The number of rotatable bonds is 4. The van der Waals surface area contributed by atoms with Crippen molar-refractivity contribution in [2.75, 3.05) is 20.3 Å². The molecule has 1 amide bonds. The number of hydrogen-bond donors (Lipinski definition) is 2. The maximum absolute atomic E-state index is 11.9. The van der Waals surface area contributed by atoms with Crippen molar-refractivity contribution >= 4 is 11.9 Å². The summed E-state index contributed by atoms with van der Waals surface area (Å²) in [5.74, 6) is 4.65. The fourth-order valence-electron chi connectivity index (χ4n) is 1.32. The number of ether oxygens (including phenoxy) is 1. The van der Waals surface area contributed by atoms with Crippen molar-refractivity contribution < 1.29 is 19.4 Å². The fourth-order valence-corrected chi connectivity index (χ4v) is 1.32. The Morgan fingerprint density at radius 1 is 1.37 bits per heavy atom. The molecule has 0 heterocycles. The summed E-state index contributed by atoms with van der Waals surface area (Å²) in [5.41, 5.74) is 0.940. The number of hydrogen-bond acceptors (Lipinski definition) is 4. The van der Waals surface area contributed by atoms with Gasteiger partial charge in [-0.3, -0.25) is 9.59 Å². The molecule has 0 aliphatic carbocycles. The third-order valence-corrected chi connectivity index (χ3v) is 2.25. The number of carbonyl (C=O) groups excluding carboxylic acids is 2. The molecule has 0 aromatic heterocycles. The first-order chi connectivity index (χ1) is 9.19. The second-order valence-corrected chi connectivity index (χ2v) is 3.58. The standard InChI is InChI=1S/C14H15NO4/c1-19-13(17)10-15-14(18)12-8-3-2-6-11(12)7-4-5-9-16/h2-3,6,8,16H,5,9-10H2,1H3,(H,15,18). The Morgan fingerprint density at radius 2 is 2.11 bits per heavy atom. The zero-order valence-electron chi connectivity index (χ0n) is 10.6. The predicted molar refractivity (Wildman–Crippen MR) is 69.4 cm³/mol. The van der Waals surface area contributed by atoms with Crippen LogP contribution < -0.4 is 5.32 Å². The SMILES string of the molecule is COC(=O)CNC(=O)c1ccccc1C#CCCO. The lowest BCUT2D eigenvalue weighted by Gasteiger charge is -2.05. The van der Waals surface area contributed by atoms with Gasteiger partial charge >= 0.3 is 5.97 Å². The summed E-state index contributed by atoms with van der Waals surface area (Å²) >= 11 is 0. The minimum Gasteiger partial charge on any atom is -0.468 e. The average molecular weight is 261 g/mol. The highest BCUT2D eigenvalue weighted by Gasteiger charge is 2.10. The lowest BCUT2D eigenvalue weighted by Crippen LogP contribution is -2.30. The summed E-state index contributed by atoms with van der Waals surface area (Å²) in [7, 11) is 1.25. The van der Waals surface area contributed by atoms with E-state index in [-0.39, 0.29) is 19.1 Å². The minimum atomic E-state index is -0.516. The van der Waals surface area contributed by atoms with Crippen LogP contribution >= 0.6 is 0 Å². The highest BCUT2D eigenvalue weighted by atomic mass is 16.5. The van der Waals surface area contributed by atoms with E-state index < -0.39 is 5.97 Å². The van der Waals surface area contributed by atoms with E-state index in [1.165, 1.54) is 7.11 Å². The van der Waals surface area contributed by atoms with Crippen LogP contribution in [0.5, 0.6) is 0 Å². The number of methoxy groups -OCH3 is 1. The van der Waals surface area contributed by atoms with Crippen LogP contribution in [0.2, 0.25) is 0 Å². The molecule has 0 saturated heterocycles. The Morgan fingerprint density at radius 3 is 2.79 bits per heavy atom. The molecule has 1 aromatic rings. The van der Waals surface area contributed by atoms with Gasteiger partial charge in [-0.05, 0) is 12.1 Å². The zero-order chi connectivity index (χ0) is 14.1.